The van der Waals surface area contributed by atoms with Crippen LogP contribution in [0.5, 0.6) is 0 Å². The summed E-state index contributed by atoms with van der Waals surface area (Å²) in [4.78, 5) is 25.1. The van der Waals surface area contributed by atoms with Crippen LogP contribution in [0.15, 0.2) is 24.3 Å². The van der Waals surface area contributed by atoms with Crippen molar-refractivity contribution in [2.45, 2.75) is 47.0 Å². The van der Waals surface area contributed by atoms with Crippen LogP contribution in [-0.2, 0) is 9.59 Å². The zero-order valence-electron chi connectivity index (χ0n) is 13.9. The number of amides is 1. The molecule has 0 aliphatic heterocycles. The first-order valence-electron chi connectivity index (χ1n) is 8.16. The summed E-state index contributed by atoms with van der Waals surface area (Å²) >= 11 is 0. The van der Waals surface area contributed by atoms with Crippen LogP contribution in [0.2, 0.25) is 0 Å². The van der Waals surface area contributed by atoms with Crippen molar-refractivity contribution < 1.29 is 9.59 Å². The highest BCUT2D eigenvalue weighted by Crippen LogP contribution is 2.66. The lowest BCUT2D eigenvalue weighted by Gasteiger charge is -2.32. The Morgan fingerprint density at radius 2 is 1.86 bits per heavy atom. The Labute approximate surface area is 132 Å². The molecular formula is C19H25NO2. The molecule has 2 saturated carbocycles. The van der Waals surface area contributed by atoms with Crippen LogP contribution in [0, 0.1) is 29.6 Å². The van der Waals surface area contributed by atoms with E-state index in [4.69, 9.17) is 0 Å². The maximum Gasteiger partial charge on any atom is 0.225 e. The number of anilines is 1. The van der Waals surface area contributed by atoms with Gasteiger partial charge in [-0.05, 0) is 43.2 Å². The predicted molar refractivity (Wildman–Crippen MR) is 87.5 cm³/mol. The van der Waals surface area contributed by atoms with Gasteiger partial charge in [0.05, 0.1) is 0 Å². The maximum absolute atomic E-state index is 12.8. The molecule has 2 fully saturated rings. The van der Waals surface area contributed by atoms with E-state index in [0.717, 1.165) is 24.1 Å². The molecule has 0 heterocycles. The summed E-state index contributed by atoms with van der Waals surface area (Å²) in [6.45, 7) is 8.50. The minimum Gasteiger partial charge on any atom is -0.326 e. The molecule has 0 spiro atoms. The topological polar surface area (TPSA) is 46.2 Å². The predicted octanol–water partition coefficient (Wildman–Crippen LogP) is 3.97. The lowest BCUT2D eigenvalue weighted by atomic mass is 9.70. The number of carbonyl (C=O) groups is 2. The second kappa shape index (κ2) is 4.94. The lowest BCUT2D eigenvalue weighted by molar-refractivity contribution is -0.133. The summed E-state index contributed by atoms with van der Waals surface area (Å²) < 4.78 is 0. The standard InChI is InChI=1S/C19H25NO2/c1-12-5-7-13(8-6-12)20-16(21)11-14-15-9-10-19(4,17(14)22)18(15,2)3/h5-8,14-15H,9-11H2,1-4H3,(H,20,21)/t14-,15-,19-/m0/s1. The highest BCUT2D eigenvalue weighted by Gasteiger charge is 2.66. The van der Waals surface area contributed by atoms with Crippen molar-refractivity contribution in [1.29, 1.82) is 0 Å². The Bertz CT molecular complexity index is 617. The van der Waals surface area contributed by atoms with Gasteiger partial charge in [-0.3, -0.25) is 9.59 Å². The normalized spacial score (nSPS) is 32.3. The first-order valence-corrected chi connectivity index (χ1v) is 8.16. The van der Waals surface area contributed by atoms with E-state index in [1.54, 1.807) is 0 Å². The smallest absolute Gasteiger partial charge is 0.225 e. The summed E-state index contributed by atoms with van der Waals surface area (Å²) in [5.41, 5.74) is 1.73. The summed E-state index contributed by atoms with van der Waals surface area (Å²) in [5.74, 6) is 0.481. The molecule has 0 saturated heterocycles. The Morgan fingerprint density at radius 1 is 1.23 bits per heavy atom. The molecule has 118 valence electrons. The minimum atomic E-state index is -0.244. The Hall–Kier alpha value is -1.64. The van der Waals surface area contributed by atoms with Gasteiger partial charge in [-0.1, -0.05) is 38.5 Å². The summed E-state index contributed by atoms with van der Waals surface area (Å²) in [6.07, 6.45) is 2.35. The van der Waals surface area contributed by atoms with Crippen LogP contribution in [0.4, 0.5) is 5.69 Å². The number of rotatable bonds is 3. The van der Waals surface area contributed by atoms with Gasteiger partial charge in [-0.15, -0.1) is 0 Å². The Morgan fingerprint density at radius 3 is 2.41 bits per heavy atom. The second-order valence-electron chi connectivity index (χ2n) is 7.79. The molecule has 22 heavy (non-hydrogen) atoms. The van der Waals surface area contributed by atoms with Gasteiger partial charge >= 0.3 is 0 Å². The van der Waals surface area contributed by atoms with Crippen molar-refractivity contribution in [2.75, 3.05) is 5.32 Å². The summed E-state index contributed by atoms with van der Waals surface area (Å²) in [7, 11) is 0. The molecule has 3 rings (SSSR count). The summed E-state index contributed by atoms with van der Waals surface area (Å²) in [5, 5.41) is 2.92. The van der Waals surface area contributed by atoms with Gasteiger partial charge in [0.15, 0.2) is 0 Å². The quantitative estimate of drug-likeness (QED) is 0.918. The van der Waals surface area contributed by atoms with Crippen LogP contribution in [-0.4, -0.2) is 11.7 Å². The van der Waals surface area contributed by atoms with Crippen molar-refractivity contribution in [3.05, 3.63) is 29.8 Å². The number of fused-ring (bicyclic) bond motifs is 2. The number of nitrogens with one attached hydrogen (secondary N) is 1. The zero-order chi connectivity index (χ0) is 16.1. The Kier molecular flexibility index (Phi) is 3.42. The van der Waals surface area contributed by atoms with E-state index >= 15 is 0 Å². The molecular weight excluding hydrogens is 274 g/mol. The van der Waals surface area contributed by atoms with E-state index in [9.17, 15) is 9.59 Å². The van der Waals surface area contributed by atoms with Gasteiger partial charge in [0.2, 0.25) is 5.91 Å². The number of hydrogen-bond donors (Lipinski definition) is 1. The maximum atomic E-state index is 12.8. The van der Waals surface area contributed by atoms with Gasteiger partial charge in [-0.2, -0.15) is 0 Å². The number of aryl methyl sites for hydroxylation is 1. The van der Waals surface area contributed by atoms with Crippen LogP contribution in [0.25, 0.3) is 0 Å². The van der Waals surface area contributed by atoms with Crippen molar-refractivity contribution >= 4 is 17.4 Å². The third kappa shape index (κ3) is 2.10. The van der Waals surface area contributed by atoms with E-state index in [1.165, 1.54) is 0 Å². The SMILES string of the molecule is Cc1ccc(NC(=O)C[C@@H]2C(=O)[C@]3(C)CC[C@@H]2C3(C)C)cc1. The molecule has 2 aliphatic carbocycles. The lowest BCUT2D eigenvalue weighted by Crippen LogP contribution is -2.34. The van der Waals surface area contributed by atoms with E-state index < -0.39 is 0 Å². The number of ketones is 1. The molecule has 1 aromatic rings. The fraction of sp³-hybridized carbons (Fsp3) is 0.579. The number of benzene rings is 1. The van der Waals surface area contributed by atoms with E-state index in [0.29, 0.717) is 18.1 Å². The molecule has 0 radical (unpaired) electrons. The fourth-order valence-electron chi connectivity index (χ4n) is 4.56. The zero-order valence-corrected chi connectivity index (χ0v) is 13.9. The van der Waals surface area contributed by atoms with Crippen molar-refractivity contribution in [2.24, 2.45) is 22.7 Å². The van der Waals surface area contributed by atoms with Crippen molar-refractivity contribution in [3.63, 3.8) is 0 Å². The van der Waals surface area contributed by atoms with E-state index in [1.807, 2.05) is 31.2 Å². The highest BCUT2D eigenvalue weighted by atomic mass is 16.2. The van der Waals surface area contributed by atoms with Crippen LogP contribution >= 0.6 is 0 Å². The van der Waals surface area contributed by atoms with E-state index in [-0.39, 0.29) is 22.7 Å². The molecule has 2 aliphatic rings. The third-order valence-corrected chi connectivity index (χ3v) is 6.41. The second-order valence-corrected chi connectivity index (χ2v) is 7.79. The largest absolute Gasteiger partial charge is 0.326 e. The minimum absolute atomic E-state index is 0.0128. The number of Topliss-reactive ketones (excluding diaryl/α,β-unsaturated/α-hetero) is 1. The molecule has 3 nitrogen and oxygen atoms in total. The van der Waals surface area contributed by atoms with Gasteiger partial charge < -0.3 is 5.32 Å². The van der Waals surface area contributed by atoms with Crippen LogP contribution in [0.3, 0.4) is 0 Å². The van der Waals surface area contributed by atoms with Gasteiger partial charge in [0.1, 0.15) is 5.78 Å². The first kappa shape index (κ1) is 15.3. The summed E-state index contributed by atoms with van der Waals surface area (Å²) in [6, 6.07) is 7.76. The monoisotopic (exact) mass is 299 g/mol. The molecule has 1 amide bonds. The van der Waals surface area contributed by atoms with Crippen molar-refractivity contribution in [1.82, 2.24) is 0 Å². The molecule has 0 aromatic heterocycles. The fourth-order valence-corrected chi connectivity index (χ4v) is 4.56. The molecule has 1 aromatic carbocycles. The molecule has 0 unspecified atom stereocenters. The average Bonchev–Trinajstić information content (AvgIpc) is 2.76. The van der Waals surface area contributed by atoms with Crippen LogP contribution < -0.4 is 5.32 Å². The van der Waals surface area contributed by atoms with Gasteiger partial charge in [-0.25, -0.2) is 0 Å². The third-order valence-electron chi connectivity index (χ3n) is 6.41. The highest BCUT2D eigenvalue weighted by molar-refractivity contribution is 5.98. The number of carbonyl (C=O) groups excluding carboxylic acids is 2. The Balaban J connectivity index is 1.70. The molecule has 1 N–H and O–H groups in total. The van der Waals surface area contributed by atoms with Gasteiger partial charge in [0.25, 0.3) is 0 Å². The average molecular weight is 299 g/mol. The molecule has 3 heteroatoms. The molecule has 2 bridgehead atoms. The van der Waals surface area contributed by atoms with Crippen molar-refractivity contribution in [3.8, 4) is 0 Å². The van der Waals surface area contributed by atoms with E-state index in [2.05, 4.69) is 26.1 Å². The number of hydrogen-bond acceptors (Lipinski definition) is 2. The molecule has 3 atom stereocenters. The van der Waals surface area contributed by atoms with Gasteiger partial charge in [0, 0.05) is 23.4 Å². The first-order chi connectivity index (χ1) is 10.3. The van der Waals surface area contributed by atoms with Crippen LogP contribution in [0.1, 0.15) is 45.6 Å².